The predicted molar refractivity (Wildman–Crippen MR) is 126 cm³/mol. The molecule has 2 aromatic heterocycles. The van der Waals surface area contributed by atoms with Crippen molar-refractivity contribution in [3.63, 3.8) is 0 Å². The zero-order chi connectivity index (χ0) is 22.1. The second kappa shape index (κ2) is 8.96. The molecule has 0 spiro atoms. The van der Waals surface area contributed by atoms with E-state index >= 15 is 0 Å². The fourth-order valence-corrected chi connectivity index (χ4v) is 4.71. The Hall–Kier alpha value is -2.84. The first-order valence-corrected chi connectivity index (χ1v) is 11.7. The van der Waals surface area contributed by atoms with Crippen LogP contribution in [-0.4, -0.2) is 49.3 Å². The largest absolute Gasteiger partial charge is 0.349 e. The van der Waals surface area contributed by atoms with Crippen molar-refractivity contribution in [2.24, 2.45) is 0 Å². The smallest absolute Gasteiger partial charge is 0.251 e. The van der Waals surface area contributed by atoms with Crippen LogP contribution in [0, 0.1) is 11.7 Å². The van der Waals surface area contributed by atoms with Crippen LogP contribution in [-0.2, 0) is 6.67 Å². The van der Waals surface area contributed by atoms with E-state index in [9.17, 15) is 4.79 Å². The van der Waals surface area contributed by atoms with E-state index in [-0.39, 0.29) is 11.9 Å². The molecule has 1 saturated carbocycles. The third-order valence-electron chi connectivity index (χ3n) is 6.37. The van der Waals surface area contributed by atoms with Gasteiger partial charge in [0.2, 0.25) is 0 Å². The molecular weight excluding hydrogens is 420 g/mol. The molecule has 2 aliphatic rings. The van der Waals surface area contributed by atoms with E-state index in [1.54, 1.807) is 12.4 Å². The van der Waals surface area contributed by atoms with E-state index in [2.05, 4.69) is 19.8 Å². The number of nitrogens with zero attached hydrogens (tertiary/aromatic N) is 5. The lowest BCUT2D eigenvalue weighted by Crippen LogP contribution is -2.45. The van der Waals surface area contributed by atoms with Crippen molar-refractivity contribution in [1.29, 1.82) is 0 Å². The zero-order valence-corrected chi connectivity index (χ0v) is 19.1. The van der Waals surface area contributed by atoms with E-state index in [1.807, 2.05) is 48.0 Å². The molecule has 1 saturated heterocycles. The number of amides is 1. The number of rotatable bonds is 6. The summed E-state index contributed by atoms with van der Waals surface area (Å²) in [5, 5.41) is 8.10. The highest BCUT2D eigenvalue weighted by Gasteiger charge is 2.30. The first kappa shape index (κ1) is 21.0. The second-order valence-electron chi connectivity index (χ2n) is 8.76. The first-order chi connectivity index (χ1) is 15.6. The number of hydrogen-bond acceptors (Lipinski definition) is 5. The fraction of sp³-hybridized carbons (Fsp3) is 0.417. The van der Waals surface area contributed by atoms with E-state index in [0.29, 0.717) is 12.7 Å². The monoisotopic (exact) mass is 448 g/mol. The summed E-state index contributed by atoms with van der Waals surface area (Å²) in [6.45, 7) is 4.46. The highest BCUT2D eigenvalue weighted by atomic mass is 32.1. The van der Waals surface area contributed by atoms with Crippen LogP contribution in [0.15, 0.2) is 48.8 Å². The van der Waals surface area contributed by atoms with Crippen molar-refractivity contribution in [3.8, 4) is 11.4 Å². The maximum atomic E-state index is 12.6. The number of piperidine rings is 1. The van der Waals surface area contributed by atoms with Crippen molar-refractivity contribution in [2.75, 3.05) is 13.1 Å². The van der Waals surface area contributed by atoms with Crippen molar-refractivity contribution in [2.45, 2.75) is 51.4 Å². The number of benzene rings is 1. The van der Waals surface area contributed by atoms with Gasteiger partial charge in [-0.25, -0.2) is 4.68 Å². The third kappa shape index (κ3) is 4.38. The molecule has 0 atom stereocenters. The molecule has 1 aliphatic carbocycles. The zero-order valence-electron chi connectivity index (χ0n) is 18.3. The van der Waals surface area contributed by atoms with E-state index in [4.69, 9.17) is 17.3 Å². The van der Waals surface area contributed by atoms with Gasteiger partial charge in [0.1, 0.15) is 0 Å². The minimum Gasteiger partial charge on any atom is -0.349 e. The molecule has 1 N–H and O–H groups in total. The number of carbonyl (C=O) groups excluding carboxylic acids is 1. The van der Waals surface area contributed by atoms with Crippen LogP contribution >= 0.6 is 12.2 Å². The van der Waals surface area contributed by atoms with Gasteiger partial charge in [0, 0.05) is 48.7 Å². The molecular formula is C24H28N6OS. The lowest BCUT2D eigenvalue weighted by Gasteiger charge is -2.32. The van der Waals surface area contributed by atoms with Crippen LogP contribution in [0.25, 0.3) is 11.4 Å². The average Bonchev–Trinajstić information content (AvgIpc) is 3.60. The molecule has 0 unspecified atom stereocenters. The summed E-state index contributed by atoms with van der Waals surface area (Å²) in [7, 11) is 0. The molecule has 0 bridgehead atoms. The van der Waals surface area contributed by atoms with Gasteiger partial charge in [0.25, 0.3) is 5.91 Å². The van der Waals surface area contributed by atoms with Crippen LogP contribution in [0.3, 0.4) is 0 Å². The number of aryl methyl sites for hydroxylation is 1. The molecule has 3 aromatic rings. The molecule has 2 fully saturated rings. The summed E-state index contributed by atoms with van der Waals surface area (Å²) in [4.78, 5) is 19.1. The summed E-state index contributed by atoms with van der Waals surface area (Å²) >= 11 is 5.81. The van der Waals surface area contributed by atoms with Crippen LogP contribution < -0.4 is 5.32 Å². The first-order valence-electron chi connectivity index (χ1n) is 11.3. The number of carbonyl (C=O) groups is 1. The predicted octanol–water partition coefficient (Wildman–Crippen LogP) is 3.97. The van der Waals surface area contributed by atoms with Gasteiger partial charge in [-0.2, -0.15) is 5.10 Å². The highest BCUT2D eigenvalue weighted by Crippen LogP contribution is 2.38. The molecule has 0 radical (unpaired) electrons. The Balaban J connectivity index is 1.24. The Morgan fingerprint density at radius 2 is 1.81 bits per heavy atom. The Bertz CT molecular complexity index is 1160. The van der Waals surface area contributed by atoms with Crippen LogP contribution in [0.4, 0.5) is 0 Å². The van der Waals surface area contributed by atoms with Gasteiger partial charge in [-0.15, -0.1) is 0 Å². The minimum atomic E-state index is 0.0222. The summed E-state index contributed by atoms with van der Waals surface area (Å²) in [6, 6.07) is 12.4. The molecule has 5 rings (SSSR count). The van der Waals surface area contributed by atoms with Crippen molar-refractivity contribution >= 4 is 18.1 Å². The number of hydrogen-bond donors (Lipinski definition) is 1. The lowest BCUT2D eigenvalue weighted by molar-refractivity contribution is 0.0895. The molecule has 7 nitrogen and oxygen atoms in total. The van der Waals surface area contributed by atoms with Gasteiger partial charge in [-0.1, -0.05) is 18.2 Å². The number of aromatic nitrogens is 4. The molecule has 1 aromatic carbocycles. The van der Waals surface area contributed by atoms with Crippen LogP contribution in [0.2, 0.25) is 0 Å². The standard InChI is InChI=1S/C24H28N6OS/c1-17-4-2-3-5-21(17)23(31)26-19-10-14-28(15-11-19)16-29-24(32)30(20-6-7-20)22(27-29)18-8-12-25-13-9-18/h2-5,8-9,12-13,19-20H,6-7,10-11,14-16H2,1H3,(H,26,31). The third-order valence-corrected chi connectivity index (χ3v) is 6.77. The summed E-state index contributed by atoms with van der Waals surface area (Å²) in [5.74, 6) is 0.953. The minimum absolute atomic E-state index is 0.0222. The molecule has 8 heteroatoms. The van der Waals surface area contributed by atoms with E-state index < -0.39 is 0 Å². The molecule has 1 aliphatic heterocycles. The average molecular weight is 449 g/mol. The van der Waals surface area contributed by atoms with Gasteiger partial charge in [0.15, 0.2) is 10.6 Å². The maximum absolute atomic E-state index is 12.6. The molecule has 32 heavy (non-hydrogen) atoms. The highest BCUT2D eigenvalue weighted by molar-refractivity contribution is 7.71. The van der Waals surface area contributed by atoms with E-state index in [1.165, 1.54) is 0 Å². The SMILES string of the molecule is Cc1ccccc1C(=O)NC1CCN(Cn2nc(-c3ccncc3)n(C3CC3)c2=S)CC1. The van der Waals surface area contributed by atoms with Crippen LogP contribution in [0.1, 0.15) is 47.6 Å². The molecule has 3 heterocycles. The molecule has 166 valence electrons. The van der Waals surface area contributed by atoms with Gasteiger partial charge in [0.05, 0.1) is 6.67 Å². The maximum Gasteiger partial charge on any atom is 0.251 e. The number of likely N-dealkylation sites (tertiary alicyclic amines) is 1. The lowest BCUT2D eigenvalue weighted by atomic mass is 10.0. The molecule has 1 amide bonds. The Kier molecular flexibility index (Phi) is 5.89. The summed E-state index contributed by atoms with van der Waals surface area (Å²) < 4.78 is 4.95. The van der Waals surface area contributed by atoms with Crippen molar-refractivity contribution in [1.82, 2.24) is 29.5 Å². The van der Waals surface area contributed by atoms with Gasteiger partial charge < -0.3 is 5.32 Å². The normalized spacial score (nSPS) is 17.4. The number of pyridine rings is 1. The van der Waals surface area contributed by atoms with Crippen molar-refractivity contribution < 1.29 is 4.79 Å². The Morgan fingerprint density at radius 1 is 1.09 bits per heavy atom. The van der Waals surface area contributed by atoms with Gasteiger partial charge >= 0.3 is 0 Å². The second-order valence-corrected chi connectivity index (χ2v) is 9.13. The fourth-order valence-electron chi connectivity index (χ4n) is 4.37. The number of nitrogens with one attached hydrogen (secondary N) is 1. The summed E-state index contributed by atoms with van der Waals surface area (Å²) in [6.07, 6.45) is 7.75. The van der Waals surface area contributed by atoms with Crippen LogP contribution in [0.5, 0.6) is 0 Å². The quantitative estimate of drug-likeness (QED) is 0.578. The Labute approximate surface area is 193 Å². The summed E-state index contributed by atoms with van der Waals surface area (Å²) in [5.41, 5.74) is 2.82. The van der Waals surface area contributed by atoms with Gasteiger partial charge in [-0.05, 0) is 68.6 Å². The Morgan fingerprint density at radius 3 is 2.50 bits per heavy atom. The van der Waals surface area contributed by atoms with E-state index in [0.717, 1.165) is 66.1 Å². The topological polar surface area (TPSA) is 68.0 Å². The van der Waals surface area contributed by atoms with Gasteiger partial charge in [-0.3, -0.25) is 19.2 Å². The van der Waals surface area contributed by atoms with Crippen molar-refractivity contribution in [3.05, 3.63) is 64.7 Å².